The molecule has 0 unspecified atom stereocenters. The van der Waals surface area contributed by atoms with Gasteiger partial charge < -0.3 is 10.1 Å². The number of amides is 1. The molecule has 0 aliphatic rings. The van der Waals surface area contributed by atoms with Gasteiger partial charge in [0.25, 0.3) is 15.9 Å². The molecule has 0 aromatic heterocycles. The third kappa shape index (κ3) is 5.37. The highest BCUT2D eigenvalue weighted by molar-refractivity contribution is 7.92. The zero-order chi connectivity index (χ0) is 22.6. The van der Waals surface area contributed by atoms with Gasteiger partial charge in [-0.2, -0.15) is 0 Å². The van der Waals surface area contributed by atoms with Crippen molar-refractivity contribution in [3.05, 3.63) is 87.9 Å². The first-order valence-corrected chi connectivity index (χ1v) is 11.4. The van der Waals surface area contributed by atoms with E-state index in [1.165, 1.54) is 18.2 Å². The maximum atomic E-state index is 13.0. The summed E-state index contributed by atoms with van der Waals surface area (Å²) < 4.78 is 33.6. The van der Waals surface area contributed by atoms with Crippen molar-refractivity contribution >= 4 is 33.2 Å². The highest BCUT2D eigenvalue weighted by Gasteiger charge is 2.21. The van der Waals surface area contributed by atoms with Crippen LogP contribution in [0.3, 0.4) is 0 Å². The molecule has 3 rings (SSSR count). The first kappa shape index (κ1) is 22.7. The summed E-state index contributed by atoms with van der Waals surface area (Å²) >= 11 is 6.16. The van der Waals surface area contributed by atoms with Gasteiger partial charge in [-0.1, -0.05) is 35.9 Å². The number of sulfonamides is 1. The van der Waals surface area contributed by atoms with Crippen LogP contribution in [0, 0.1) is 13.8 Å². The van der Waals surface area contributed by atoms with Crippen LogP contribution < -0.4 is 14.8 Å². The average Bonchev–Trinajstić information content (AvgIpc) is 2.75. The molecule has 6 nitrogen and oxygen atoms in total. The Kier molecular flexibility index (Phi) is 6.87. The van der Waals surface area contributed by atoms with Crippen molar-refractivity contribution in [1.82, 2.24) is 5.32 Å². The van der Waals surface area contributed by atoms with Gasteiger partial charge in [-0.25, -0.2) is 8.42 Å². The highest BCUT2D eigenvalue weighted by atomic mass is 35.5. The molecule has 0 heterocycles. The van der Waals surface area contributed by atoms with E-state index in [-0.39, 0.29) is 22.0 Å². The molecule has 0 saturated carbocycles. The van der Waals surface area contributed by atoms with E-state index >= 15 is 0 Å². The number of hydrogen-bond donors (Lipinski definition) is 2. The van der Waals surface area contributed by atoms with Crippen LogP contribution in [-0.4, -0.2) is 21.4 Å². The largest absolute Gasteiger partial charge is 0.497 e. The van der Waals surface area contributed by atoms with E-state index in [4.69, 9.17) is 16.3 Å². The van der Waals surface area contributed by atoms with Crippen LogP contribution >= 0.6 is 11.6 Å². The maximum Gasteiger partial charge on any atom is 0.263 e. The summed E-state index contributed by atoms with van der Waals surface area (Å²) in [7, 11) is -2.41. The number of carbonyl (C=O) groups excluding carboxylic acids is 1. The molecule has 2 N–H and O–H groups in total. The third-order valence-corrected chi connectivity index (χ3v) is 6.79. The summed E-state index contributed by atoms with van der Waals surface area (Å²) in [4.78, 5) is 12.4. The van der Waals surface area contributed by atoms with Crippen molar-refractivity contribution in [3.63, 3.8) is 0 Å². The van der Waals surface area contributed by atoms with Gasteiger partial charge in [-0.15, -0.1) is 0 Å². The van der Waals surface area contributed by atoms with Crippen LogP contribution in [-0.2, 0) is 16.6 Å². The molecule has 3 aromatic rings. The monoisotopic (exact) mass is 458 g/mol. The van der Waals surface area contributed by atoms with Gasteiger partial charge in [-0.3, -0.25) is 9.52 Å². The lowest BCUT2D eigenvalue weighted by molar-refractivity contribution is 0.0950. The minimum atomic E-state index is -3.99. The van der Waals surface area contributed by atoms with Crippen molar-refractivity contribution in [1.29, 1.82) is 0 Å². The molecule has 0 aliphatic carbocycles. The zero-order valence-corrected chi connectivity index (χ0v) is 19.0. The Morgan fingerprint density at radius 3 is 2.42 bits per heavy atom. The van der Waals surface area contributed by atoms with Crippen LogP contribution in [0.15, 0.2) is 65.6 Å². The van der Waals surface area contributed by atoms with Crippen LogP contribution in [0.25, 0.3) is 0 Å². The summed E-state index contributed by atoms with van der Waals surface area (Å²) in [5.74, 6) is 0.314. The average molecular weight is 459 g/mol. The van der Waals surface area contributed by atoms with E-state index in [1.54, 1.807) is 31.4 Å². The summed E-state index contributed by atoms with van der Waals surface area (Å²) in [5, 5.41) is 2.81. The number of carbonyl (C=O) groups is 1. The Balaban J connectivity index is 1.79. The molecule has 3 aromatic carbocycles. The van der Waals surface area contributed by atoms with Crippen molar-refractivity contribution in [2.75, 3.05) is 11.8 Å². The van der Waals surface area contributed by atoms with Gasteiger partial charge >= 0.3 is 0 Å². The van der Waals surface area contributed by atoms with Gasteiger partial charge in [0.2, 0.25) is 0 Å². The lowest BCUT2D eigenvalue weighted by Gasteiger charge is -2.14. The Morgan fingerprint density at radius 1 is 1.03 bits per heavy atom. The topological polar surface area (TPSA) is 84.5 Å². The lowest BCUT2D eigenvalue weighted by atomic mass is 10.1. The molecule has 0 bridgehead atoms. The van der Waals surface area contributed by atoms with Crippen LogP contribution in [0.1, 0.15) is 27.0 Å². The van der Waals surface area contributed by atoms with Gasteiger partial charge in [0.15, 0.2) is 0 Å². The Hall–Kier alpha value is -3.03. The molecular formula is C23H23ClN2O4S. The fraction of sp³-hybridized carbons (Fsp3) is 0.174. The second-order valence-corrected chi connectivity index (χ2v) is 9.09. The number of aryl methyl sites for hydroxylation is 1. The number of hydrogen-bond acceptors (Lipinski definition) is 4. The smallest absolute Gasteiger partial charge is 0.263 e. The van der Waals surface area contributed by atoms with Crippen molar-refractivity contribution in [2.24, 2.45) is 0 Å². The minimum Gasteiger partial charge on any atom is -0.497 e. The molecule has 31 heavy (non-hydrogen) atoms. The number of anilines is 1. The molecular weight excluding hydrogens is 436 g/mol. The van der Waals surface area contributed by atoms with Crippen molar-refractivity contribution in [3.8, 4) is 5.75 Å². The zero-order valence-electron chi connectivity index (χ0n) is 17.4. The predicted molar refractivity (Wildman–Crippen MR) is 122 cm³/mol. The minimum absolute atomic E-state index is 0.0320. The van der Waals surface area contributed by atoms with Crippen LogP contribution in [0.5, 0.6) is 5.75 Å². The van der Waals surface area contributed by atoms with E-state index in [9.17, 15) is 13.2 Å². The van der Waals surface area contributed by atoms with E-state index in [2.05, 4.69) is 10.0 Å². The number of rotatable bonds is 7. The Morgan fingerprint density at radius 2 is 1.74 bits per heavy atom. The standard InChI is InChI=1S/C23H23ClN2O4S/c1-15-5-4-6-21(16(15)2)26-31(28,29)22-13-18(9-12-20(22)24)23(27)25-14-17-7-10-19(30-3)11-8-17/h4-13,26H,14H2,1-3H3,(H,25,27). The van der Waals surface area contributed by atoms with E-state index in [1.807, 2.05) is 32.0 Å². The number of halogens is 1. The molecule has 162 valence electrons. The highest BCUT2D eigenvalue weighted by Crippen LogP contribution is 2.27. The summed E-state index contributed by atoms with van der Waals surface area (Å²) in [6, 6.07) is 16.8. The number of nitrogens with one attached hydrogen (secondary N) is 2. The summed E-state index contributed by atoms with van der Waals surface area (Å²) in [6.07, 6.45) is 0. The number of benzene rings is 3. The second kappa shape index (κ2) is 9.41. The van der Waals surface area contributed by atoms with Gasteiger partial charge in [-0.05, 0) is 66.9 Å². The van der Waals surface area contributed by atoms with E-state index < -0.39 is 15.9 Å². The lowest BCUT2D eigenvalue weighted by Crippen LogP contribution is -2.23. The molecule has 0 atom stereocenters. The molecule has 8 heteroatoms. The maximum absolute atomic E-state index is 13.0. The molecule has 1 amide bonds. The first-order chi connectivity index (χ1) is 14.7. The second-order valence-electron chi connectivity index (χ2n) is 7.03. The van der Waals surface area contributed by atoms with Crippen LogP contribution in [0.2, 0.25) is 5.02 Å². The Labute approximate surface area is 187 Å². The fourth-order valence-corrected chi connectivity index (χ4v) is 4.59. The summed E-state index contributed by atoms with van der Waals surface area (Å²) in [6.45, 7) is 4.01. The SMILES string of the molecule is COc1ccc(CNC(=O)c2ccc(Cl)c(S(=O)(=O)Nc3cccc(C)c3C)c2)cc1. The fourth-order valence-electron chi connectivity index (χ4n) is 2.94. The number of methoxy groups -OCH3 is 1. The van der Waals surface area contributed by atoms with Gasteiger partial charge in [0.05, 0.1) is 17.8 Å². The predicted octanol–water partition coefficient (Wildman–Crippen LogP) is 4.70. The Bertz CT molecular complexity index is 1210. The third-order valence-electron chi connectivity index (χ3n) is 4.94. The van der Waals surface area contributed by atoms with Crippen molar-refractivity contribution in [2.45, 2.75) is 25.3 Å². The summed E-state index contributed by atoms with van der Waals surface area (Å²) in [5.41, 5.74) is 3.31. The molecule has 0 fully saturated rings. The molecule has 0 spiro atoms. The molecule has 0 saturated heterocycles. The van der Waals surface area contributed by atoms with Gasteiger partial charge in [0.1, 0.15) is 10.6 Å². The normalized spacial score (nSPS) is 11.1. The number of ether oxygens (including phenoxy) is 1. The molecule has 0 aliphatic heterocycles. The van der Waals surface area contributed by atoms with Crippen molar-refractivity contribution < 1.29 is 17.9 Å². The van der Waals surface area contributed by atoms with E-state index in [0.717, 1.165) is 22.4 Å². The quantitative estimate of drug-likeness (QED) is 0.537. The van der Waals surface area contributed by atoms with E-state index in [0.29, 0.717) is 5.69 Å². The van der Waals surface area contributed by atoms with Gasteiger partial charge in [0, 0.05) is 12.1 Å². The molecule has 0 radical (unpaired) electrons. The first-order valence-electron chi connectivity index (χ1n) is 9.51. The van der Waals surface area contributed by atoms with Crippen LogP contribution in [0.4, 0.5) is 5.69 Å².